The molecule has 1 aromatic heterocycles. The van der Waals surface area contributed by atoms with Crippen molar-refractivity contribution in [3.05, 3.63) is 5.89 Å². The van der Waals surface area contributed by atoms with Crippen LogP contribution in [-0.4, -0.2) is 36.7 Å². The highest BCUT2D eigenvalue weighted by Gasteiger charge is 2.11. The zero-order chi connectivity index (χ0) is 11.3. The van der Waals surface area contributed by atoms with Gasteiger partial charge in [-0.2, -0.15) is 0 Å². The largest absolute Gasteiger partial charge is 0.406 e. The molecule has 3 N–H and O–H groups in total. The molecule has 0 aromatic carbocycles. The summed E-state index contributed by atoms with van der Waals surface area (Å²) in [5.74, 6) is 0.341. The van der Waals surface area contributed by atoms with Gasteiger partial charge in [0.1, 0.15) is 0 Å². The van der Waals surface area contributed by atoms with Gasteiger partial charge in [0.15, 0.2) is 0 Å². The average molecular weight is 213 g/mol. The van der Waals surface area contributed by atoms with E-state index < -0.39 is 0 Å². The topological polar surface area (TPSA) is 92.1 Å². The summed E-state index contributed by atoms with van der Waals surface area (Å²) in [5.41, 5.74) is 0. The van der Waals surface area contributed by atoms with Crippen LogP contribution >= 0.6 is 0 Å². The molecule has 0 radical (unpaired) electrons. The Morgan fingerprint density at radius 3 is 2.80 bits per heavy atom. The molecule has 1 atom stereocenters. The van der Waals surface area contributed by atoms with Gasteiger partial charge in [-0.1, -0.05) is 5.10 Å². The number of hydrogen-bond acceptors (Lipinski definition) is 6. The molecular weight excluding hydrogens is 198 g/mol. The minimum Gasteiger partial charge on any atom is -0.406 e. The summed E-state index contributed by atoms with van der Waals surface area (Å²) in [5, 5.41) is 15.7. The monoisotopic (exact) mass is 213 g/mol. The Labute approximate surface area is 87.6 Å². The lowest BCUT2D eigenvalue weighted by atomic mass is 10.3. The van der Waals surface area contributed by atoms with Crippen LogP contribution in [0, 0.1) is 0 Å². The first-order chi connectivity index (χ1) is 7.17. The summed E-state index contributed by atoms with van der Waals surface area (Å²) in [4.78, 5) is 10.9. The Balaban J connectivity index is 2.49. The Kier molecular flexibility index (Phi) is 4.04. The molecule has 7 nitrogen and oxygen atoms in total. The molecular formula is C8H15N5O2. The number of carbonyl (C=O) groups is 1. The first-order valence-electron chi connectivity index (χ1n) is 4.62. The smallest absolute Gasteiger partial charge is 0.315 e. The molecule has 0 spiro atoms. The van der Waals surface area contributed by atoms with Gasteiger partial charge >= 0.3 is 6.01 Å². The molecule has 0 saturated carbocycles. The highest BCUT2D eigenvalue weighted by molar-refractivity contribution is 5.79. The van der Waals surface area contributed by atoms with E-state index in [2.05, 4.69) is 26.1 Å². The molecule has 1 rings (SSSR count). The Hall–Kier alpha value is -1.63. The molecule has 1 unspecified atom stereocenters. The van der Waals surface area contributed by atoms with E-state index in [1.54, 1.807) is 14.1 Å². The van der Waals surface area contributed by atoms with Gasteiger partial charge in [-0.25, -0.2) is 0 Å². The van der Waals surface area contributed by atoms with Crippen LogP contribution in [0.3, 0.4) is 0 Å². The van der Waals surface area contributed by atoms with E-state index in [1.165, 1.54) is 0 Å². The normalized spacial score (nSPS) is 12.2. The highest BCUT2D eigenvalue weighted by atomic mass is 16.4. The van der Waals surface area contributed by atoms with Gasteiger partial charge in [0.25, 0.3) is 0 Å². The van der Waals surface area contributed by atoms with Crippen LogP contribution in [0.1, 0.15) is 18.9 Å². The minimum absolute atomic E-state index is 0.00643. The Morgan fingerprint density at radius 2 is 2.20 bits per heavy atom. The van der Waals surface area contributed by atoms with Crippen LogP contribution in [0.4, 0.5) is 6.01 Å². The Bertz CT molecular complexity index is 325. The molecule has 84 valence electrons. The summed E-state index contributed by atoms with van der Waals surface area (Å²) in [7, 11) is 3.36. The van der Waals surface area contributed by atoms with Gasteiger partial charge in [0, 0.05) is 7.05 Å². The second-order valence-corrected chi connectivity index (χ2v) is 2.98. The van der Waals surface area contributed by atoms with Crippen molar-refractivity contribution < 1.29 is 9.21 Å². The first-order valence-corrected chi connectivity index (χ1v) is 4.62. The van der Waals surface area contributed by atoms with E-state index in [-0.39, 0.29) is 24.5 Å². The second-order valence-electron chi connectivity index (χ2n) is 2.98. The highest BCUT2D eigenvalue weighted by Crippen LogP contribution is 2.12. The lowest BCUT2D eigenvalue weighted by Crippen LogP contribution is -2.26. The number of nitrogens with one attached hydrogen (secondary N) is 3. The lowest BCUT2D eigenvalue weighted by Gasteiger charge is -2.02. The van der Waals surface area contributed by atoms with Gasteiger partial charge in [-0.05, 0) is 14.0 Å². The maximum absolute atomic E-state index is 10.9. The molecule has 7 heteroatoms. The number of carbonyl (C=O) groups excluding carboxylic acids is 1. The van der Waals surface area contributed by atoms with Crippen molar-refractivity contribution in [2.24, 2.45) is 0 Å². The van der Waals surface area contributed by atoms with Crippen molar-refractivity contribution in [3.8, 4) is 0 Å². The maximum atomic E-state index is 10.9. The standard InChI is InChI=1S/C8H15N5O2/c1-5(9-2)7-12-13-8(15-7)11-4-6(14)10-3/h5,9H,4H2,1-3H3,(H,10,14)(H,11,13). The van der Waals surface area contributed by atoms with Crippen LogP contribution in [0.5, 0.6) is 0 Å². The van der Waals surface area contributed by atoms with E-state index in [9.17, 15) is 4.79 Å². The minimum atomic E-state index is -0.142. The van der Waals surface area contributed by atoms with Gasteiger partial charge in [0.05, 0.1) is 12.6 Å². The molecule has 1 amide bonds. The predicted octanol–water partition coefficient (Wildman–Crippen LogP) is -0.492. The van der Waals surface area contributed by atoms with E-state index in [0.717, 1.165) is 0 Å². The molecule has 0 saturated heterocycles. The average Bonchev–Trinajstić information content (AvgIpc) is 2.73. The summed E-state index contributed by atoms with van der Waals surface area (Å²) < 4.78 is 5.26. The van der Waals surface area contributed by atoms with Crippen LogP contribution in [0.15, 0.2) is 4.42 Å². The third kappa shape index (κ3) is 3.21. The van der Waals surface area contributed by atoms with E-state index >= 15 is 0 Å². The van der Waals surface area contributed by atoms with E-state index in [4.69, 9.17) is 4.42 Å². The fourth-order valence-electron chi connectivity index (χ4n) is 0.849. The van der Waals surface area contributed by atoms with Crippen molar-refractivity contribution in [1.29, 1.82) is 0 Å². The van der Waals surface area contributed by atoms with Crippen LogP contribution in [0.2, 0.25) is 0 Å². The molecule has 0 aliphatic carbocycles. The zero-order valence-electron chi connectivity index (χ0n) is 9.00. The number of nitrogens with zero attached hydrogens (tertiary/aromatic N) is 2. The summed E-state index contributed by atoms with van der Waals surface area (Å²) in [6, 6.07) is 0.240. The van der Waals surface area contributed by atoms with Gasteiger partial charge in [-0.15, -0.1) is 5.10 Å². The molecule has 0 bridgehead atoms. The number of likely N-dealkylation sites (N-methyl/N-ethyl adjacent to an activating group) is 1. The fourth-order valence-corrected chi connectivity index (χ4v) is 0.849. The molecule has 0 aliphatic rings. The second kappa shape index (κ2) is 5.30. The zero-order valence-corrected chi connectivity index (χ0v) is 9.00. The number of rotatable bonds is 5. The van der Waals surface area contributed by atoms with Crippen molar-refractivity contribution in [2.45, 2.75) is 13.0 Å². The number of hydrogen-bond donors (Lipinski definition) is 3. The molecule has 0 aliphatic heterocycles. The maximum Gasteiger partial charge on any atom is 0.315 e. The summed E-state index contributed by atoms with van der Waals surface area (Å²) >= 11 is 0. The molecule has 1 aromatic rings. The lowest BCUT2D eigenvalue weighted by molar-refractivity contribution is -0.118. The number of amides is 1. The number of aromatic nitrogens is 2. The summed E-state index contributed by atoms with van der Waals surface area (Å²) in [6.07, 6.45) is 0. The molecule has 1 heterocycles. The van der Waals surface area contributed by atoms with Crippen LogP contribution in [-0.2, 0) is 4.79 Å². The van der Waals surface area contributed by atoms with Crippen molar-refractivity contribution in [3.63, 3.8) is 0 Å². The SMILES string of the molecule is CNC(=O)CNc1nnc(C(C)NC)o1. The molecule has 15 heavy (non-hydrogen) atoms. The van der Waals surface area contributed by atoms with Crippen molar-refractivity contribution in [1.82, 2.24) is 20.8 Å². The van der Waals surface area contributed by atoms with Gasteiger partial charge in [0.2, 0.25) is 11.8 Å². The Morgan fingerprint density at radius 1 is 1.47 bits per heavy atom. The fraction of sp³-hybridized carbons (Fsp3) is 0.625. The van der Waals surface area contributed by atoms with Crippen molar-refractivity contribution >= 4 is 11.9 Å². The third-order valence-corrected chi connectivity index (χ3v) is 1.92. The van der Waals surface area contributed by atoms with E-state index in [0.29, 0.717) is 5.89 Å². The van der Waals surface area contributed by atoms with Crippen LogP contribution < -0.4 is 16.0 Å². The summed E-state index contributed by atoms with van der Waals surface area (Å²) in [6.45, 7) is 2.02. The van der Waals surface area contributed by atoms with Gasteiger partial charge < -0.3 is 20.4 Å². The van der Waals surface area contributed by atoms with Crippen LogP contribution in [0.25, 0.3) is 0 Å². The number of anilines is 1. The third-order valence-electron chi connectivity index (χ3n) is 1.92. The molecule has 0 fully saturated rings. The van der Waals surface area contributed by atoms with Gasteiger partial charge in [-0.3, -0.25) is 4.79 Å². The first kappa shape index (κ1) is 11.4. The predicted molar refractivity (Wildman–Crippen MR) is 54.3 cm³/mol. The van der Waals surface area contributed by atoms with E-state index in [1.807, 2.05) is 6.92 Å². The van der Waals surface area contributed by atoms with Crippen molar-refractivity contribution in [2.75, 3.05) is 26.0 Å². The quantitative estimate of drug-likeness (QED) is 0.611.